The van der Waals surface area contributed by atoms with Crippen molar-refractivity contribution >= 4 is 0 Å². The topological polar surface area (TPSA) is 21.3 Å². The molecule has 1 aromatic carbocycles. The van der Waals surface area contributed by atoms with E-state index in [1.54, 1.807) is 12.1 Å². The smallest absolute Gasteiger partial charge is 0.123 e. The molecule has 0 heterocycles. The maximum absolute atomic E-state index is 13.3. The van der Waals surface area contributed by atoms with Crippen molar-refractivity contribution in [3.8, 4) is 5.75 Å². The Morgan fingerprint density at radius 1 is 1.21 bits per heavy atom. The zero-order chi connectivity index (χ0) is 14.3. The summed E-state index contributed by atoms with van der Waals surface area (Å²) >= 11 is 0. The molecule has 0 unspecified atom stereocenters. The molecule has 0 spiro atoms. The van der Waals surface area contributed by atoms with Gasteiger partial charge in [-0.1, -0.05) is 19.8 Å². The van der Waals surface area contributed by atoms with Gasteiger partial charge in [0.05, 0.1) is 6.61 Å². The molecule has 0 bridgehead atoms. The second kappa shape index (κ2) is 7.49. The van der Waals surface area contributed by atoms with E-state index in [1.807, 2.05) is 0 Å². The van der Waals surface area contributed by atoms with E-state index >= 15 is 0 Å². The van der Waals surface area contributed by atoms with Crippen LogP contribution in [-0.2, 0) is 6.54 Å². The molecule has 0 saturated carbocycles. The zero-order valence-electron chi connectivity index (χ0n) is 12.6. The van der Waals surface area contributed by atoms with Crippen molar-refractivity contribution in [2.45, 2.75) is 59.0 Å². The summed E-state index contributed by atoms with van der Waals surface area (Å²) in [6.45, 7) is 9.75. The first-order chi connectivity index (χ1) is 8.92. The van der Waals surface area contributed by atoms with Crippen molar-refractivity contribution in [2.24, 2.45) is 0 Å². The molecule has 19 heavy (non-hydrogen) atoms. The Labute approximate surface area is 116 Å². The molecule has 0 amide bonds. The molecule has 0 aliphatic rings. The summed E-state index contributed by atoms with van der Waals surface area (Å²) < 4.78 is 19.1. The van der Waals surface area contributed by atoms with E-state index in [4.69, 9.17) is 4.74 Å². The molecule has 0 aromatic heterocycles. The van der Waals surface area contributed by atoms with Crippen LogP contribution in [0, 0.1) is 5.82 Å². The third-order valence-corrected chi connectivity index (χ3v) is 2.84. The van der Waals surface area contributed by atoms with Gasteiger partial charge in [-0.2, -0.15) is 0 Å². The second-order valence-corrected chi connectivity index (χ2v) is 5.91. The molecule has 0 aliphatic heterocycles. The maximum atomic E-state index is 13.3. The summed E-state index contributed by atoms with van der Waals surface area (Å²) in [5.41, 5.74) is 0.887. The summed E-state index contributed by atoms with van der Waals surface area (Å²) in [6.07, 6.45) is 3.38. The molecule has 1 N–H and O–H groups in total. The minimum Gasteiger partial charge on any atom is -0.493 e. The standard InChI is InChI=1S/C16H26FNO/c1-5-6-7-10-19-15-9-8-14(17)11-13(15)12-18-16(2,3)4/h8-9,11,18H,5-7,10,12H2,1-4H3. The summed E-state index contributed by atoms with van der Waals surface area (Å²) in [4.78, 5) is 0. The molecule has 0 fully saturated rings. The molecule has 1 rings (SSSR count). The Kier molecular flexibility index (Phi) is 6.29. The lowest BCUT2D eigenvalue weighted by Crippen LogP contribution is -2.35. The number of halogens is 1. The van der Waals surface area contributed by atoms with E-state index < -0.39 is 0 Å². The molecular formula is C16H26FNO. The number of hydrogen-bond donors (Lipinski definition) is 1. The van der Waals surface area contributed by atoms with Gasteiger partial charge in [0.15, 0.2) is 0 Å². The molecular weight excluding hydrogens is 241 g/mol. The van der Waals surface area contributed by atoms with Crippen LogP contribution in [0.2, 0.25) is 0 Å². The lowest BCUT2D eigenvalue weighted by molar-refractivity contribution is 0.300. The molecule has 0 saturated heterocycles. The van der Waals surface area contributed by atoms with Crippen LogP contribution in [0.4, 0.5) is 4.39 Å². The normalized spacial score (nSPS) is 11.6. The molecule has 1 aromatic rings. The molecule has 3 heteroatoms. The van der Waals surface area contributed by atoms with Crippen molar-refractivity contribution in [2.75, 3.05) is 6.61 Å². The van der Waals surface area contributed by atoms with Crippen molar-refractivity contribution < 1.29 is 9.13 Å². The molecule has 2 nitrogen and oxygen atoms in total. The fraction of sp³-hybridized carbons (Fsp3) is 0.625. The van der Waals surface area contributed by atoms with E-state index in [2.05, 4.69) is 33.0 Å². The van der Waals surface area contributed by atoms with Gasteiger partial charge in [-0.25, -0.2) is 4.39 Å². The minimum absolute atomic E-state index is 0.00575. The zero-order valence-corrected chi connectivity index (χ0v) is 12.6. The highest BCUT2D eigenvalue weighted by molar-refractivity contribution is 5.34. The van der Waals surface area contributed by atoms with Gasteiger partial charge in [0.25, 0.3) is 0 Å². The molecule has 0 radical (unpaired) electrons. The predicted octanol–water partition coefficient (Wildman–Crippen LogP) is 4.28. The lowest BCUT2D eigenvalue weighted by atomic mass is 10.1. The van der Waals surface area contributed by atoms with Crippen molar-refractivity contribution in [1.82, 2.24) is 5.32 Å². The molecule has 0 atom stereocenters. The fourth-order valence-corrected chi connectivity index (χ4v) is 1.72. The van der Waals surface area contributed by atoms with Crippen LogP contribution in [0.1, 0.15) is 52.5 Å². The Morgan fingerprint density at radius 2 is 1.95 bits per heavy atom. The average molecular weight is 267 g/mol. The SMILES string of the molecule is CCCCCOc1ccc(F)cc1CNC(C)(C)C. The summed E-state index contributed by atoms with van der Waals surface area (Å²) in [5.74, 6) is 0.570. The minimum atomic E-state index is -0.216. The van der Waals surface area contributed by atoms with Crippen LogP contribution in [0.5, 0.6) is 5.75 Å². The van der Waals surface area contributed by atoms with Crippen molar-refractivity contribution in [3.05, 3.63) is 29.6 Å². The van der Waals surface area contributed by atoms with E-state index in [9.17, 15) is 4.39 Å². The quantitative estimate of drug-likeness (QED) is 0.744. The number of ether oxygens (including phenoxy) is 1. The van der Waals surface area contributed by atoms with Crippen LogP contribution in [-0.4, -0.2) is 12.1 Å². The maximum Gasteiger partial charge on any atom is 0.123 e. The molecule has 108 valence electrons. The van der Waals surface area contributed by atoms with E-state index in [-0.39, 0.29) is 11.4 Å². The first-order valence-electron chi connectivity index (χ1n) is 7.08. The number of benzene rings is 1. The first kappa shape index (κ1) is 16.0. The van der Waals surface area contributed by atoms with Gasteiger partial charge in [0, 0.05) is 17.6 Å². The largest absolute Gasteiger partial charge is 0.493 e. The Balaban J connectivity index is 2.63. The lowest BCUT2D eigenvalue weighted by Gasteiger charge is -2.21. The Bertz CT molecular complexity index is 385. The second-order valence-electron chi connectivity index (χ2n) is 5.91. The van der Waals surface area contributed by atoms with Crippen LogP contribution in [0.15, 0.2) is 18.2 Å². The number of nitrogens with one attached hydrogen (secondary N) is 1. The third kappa shape index (κ3) is 6.58. The highest BCUT2D eigenvalue weighted by atomic mass is 19.1. The molecule has 0 aliphatic carbocycles. The van der Waals surface area contributed by atoms with Gasteiger partial charge in [0.2, 0.25) is 0 Å². The van der Waals surface area contributed by atoms with Crippen molar-refractivity contribution in [3.63, 3.8) is 0 Å². The average Bonchev–Trinajstić information content (AvgIpc) is 2.33. The van der Waals surface area contributed by atoms with Gasteiger partial charge >= 0.3 is 0 Å². The third-order valence-electron chi connectivity index (χ3n) is 2.84. The summed E-state index contributed by atoms with van der Waals surface area (Å²) in [5, 5.41) is 3.36. The summed E-state index contributed by atoms with van der Waals surface area (Å²) in [6, 6.07) is 4.73. The highest BCUT2D eigenvalue weighted by Gasteiger charge is 2.11. The summed E-state index contributed by atoms with van der Waals surface area (Å²) in [7, 11) is 0. The van der Waals surface area contributed by atoms with Crippen LogP contribution in [0.3, 0.4) is 0 Å². The fourth-order valence-electron chi connectivity index (χ4n) is 1.72. The van der Waals surface area contributed by atoms with Gasteiger partial charge in [-0.15, -0.1) is 0 Å². The number of hydrogen-bond acceptors (Lipinski definition) is 2. The Hall–Kier alpha value is -1.09. The monoisotopic (exact) mass is 267 g/mol. The van der Waals surface area contributed by atoms with E-state index in [0.717, 1.165) is 24.2 Å². The van der Waals surface area contributed by atoms with Crippen LogP contribution in [0.25, 0.3) is 0 Å². The van der Waals surface area contributed by atoms with Gasteiger partial charge < -0.3 is 10.1 Å². The first-order valence-corrected chi connectivity index (χ1v) is 7.08. The van der Waals surface area contributed by atoms with E-state index in [1.165, 1.54) is 12.5 Å². The predicted molar refractivity (Wildman–Crippen MR) is 78.0 cm³/mol. The van der Waals surface area contributed by atoms with Gasteiger partial charge in [-0.05, 0) is 45.4 Å². The van der Waals surface area contributed by atoms with E-state index in [0.29, 0.717) is 13.2 Å². The van der Waals surface area contributed by atoms with Gasteiger partial charge in [-0.3, -0.25) is 0 Å². The number of rotatable bonds is 7. The van der Waals surface area contributed by atoms with Crippen molar-refractivity contribution in [1.29, 1.82) is 0 Å². The number of unbranched alkanes of at least 4 members (excludes halogenated alkanes) is 2. The highest BCUT2D eigenvalue weighted by Crippen LogP contribution is 2.21. The van der Waals surface area contributed by atoms with Crippen LogP contribution < -0.4 is 10.1 Å². The van der Waals surface area contributed by atoms with Gasteiger partial charge in [0.1, 0.15) is 11.6 Å². The Morgan fingerprint density at radius 3 is 2.58 bits per heavy atom. The van der Waals surface area contributed by atoms with Crippen LogP contribution >= 0.6 is 0 Å².